The molecule has 2 aromatic heterocycles. The molecule has 0 saturated heterocycles. The number of aryl methyl sites for hydroxylation is 3. The number of rotatable bonds is 5. The lowest BCUT2D eigenvalue weighted by Gasteiger charge is -2.07. The summed E-state index contributed by atoms with van der Waals surface area (Å²) < 4.78 is 4.04. The van der Waals surface area contributed by atoms with Crippen LogP contribution in [0.25, 0.3) is 0 Å². The molecule has 0 atom stereocenters. The number of nitrogens with one attached hydrogen (secondary N) is 1. The molecule has 92 valence electrons. The first-order valence-corrected chi connectivity index (χ1v) is 5.94. The summed E-state index contributed by atoms with van der Waals surface area (Å²) in [6.45, 7) is 5.98. The van der Waals surface area contributed by atoms with Gasteiger partial charge in [0, 0.05) is 31.5 Å². The summed E-state index contributed by atoms with van der Waals surface area (Å²) in [7, 11) is 1.95. The molecule has 0 aromatic carbocycles. The Morgan fingerprint density at radius 2 is 2.24 bits per heavy atom. The van der Waals surface area contributed by atoms with Crippen molar-refractivity contribution in [2.24, 2.45) is 7.05 Å². The highest BCUT2D eigenvalue weighted by molar-refractivity contribution is 5.35. The Kier molecular flexibility index (Phi) is 3.46. The van der Waals surface area contributed by atoms with Crippen LogP contribution < -0.4 is 5.32 Å². The van der Waals surface area contributed by atoms with Crippen LogP contribution in [0.4, 0.5) is 5.82 Å². The van der Waals surface area contributed by atoms with Gasteiger partial charge in [0.2, 0.25) is 0 Å². The van der Waals surface area contributed by atoms with E-state index >= 15 is 0 Å². The lowest BCUT2D eigenvalue weighted by atomic mass is 10.4. The van der Waals surface area contributed by atoms with Crippen LogP contribution in [-0.4, -0.2) is 19.3 Å². The Hall–Kier alpha value is -1.78. The second kappa shape index (κ2) is 5.03. The van der Waals surface area contributed by atoms with E-state index in [0.29, 0.717) is 0 Å². The Labute approximate surface area is 101 Å². The van der Waals surface area contributed by atoms with Gasteiger partial charge in [0.25, 0.3) is 0 Å². The minimum absolute atomic E-state index is 0.760. The maximum Gasteiger partial charge on any atom is 0.148 e. The molecule has 0 radical (unpaired) electrons. The highest BCUT2D eigenvalue weighted by atomic mass is 15.3. The summed E-state index contributed by atoms with van der Waals surface area (Å²) in [5.41, 5.74) is 2.34. The molecular formula is C12H19N5. The van der Waals surface area contributed by atoms with Gasteiger partial charge in [-0.05, 0) is 13.3 Å². The van der Waals surface area contributed by atoms with Crippen molar-refractivity contribution in [3.63, 3.8) is 0 Å². The maximum absolute atomic E-state index is 4.36. The van der Waals surface area contributed by atoms with Crippen LogP contribution in [-0.2, 0) is 20.1 Å². The average molecular weight is 233 g/mol. The fourth-order valence-electron chi connectivity index (χ4n) is 1.77. The summed E-state index contributed by atoms with van der Waals surface area (Å²) in [6, 6.07) is 2.04. The van der Waals surface area contributed by atoms with Gasteiger partial charge in [-0.1, -0.05) is 6.92 Å². The second-order valence-corrected chi connectivity index (χ2v) is 4.23. The maximum atomic E-state index is 4.36. The third-order valence-corrected chi connectivity index (χ3v) is 2.83. The number of imidazole rings is 1. The first-order chi connectivity index (χ1) is 8.20. The van der Waals surface area contributed by atoms with Gasteiger partial charge in [-0.2, -0.15) is 5.10 Å². The van der Waals surface area contributed by atoms with Gasteiger partial charge >= 0.3 is 0 Å². The zero-order valence-electron chi connectivity index (χ0n) is 10.6. The smallest absolute Gasteiger partial charge is 0.148 e. The molecule has 2 aromatic rings. The van der Waals surface area contributed by atoms with E-state index in [9.17, 15) is 0 Å². The Balaban J connectivity index is 1.99. The second-order valence-electron chi connectivity index (χ2n) is 4.23. The number of aromatic nitrogens is 4. The molecule has 0 bridgehead atoms. The van der Waals surface area contributed by atoms with Gasteiger partial charge in [0.15, 0.2) is 0 Å². The van der Waals surface area contributed by atoms with Crippen molar-refractivity contribution in [2.45, 2.75) is 33.4 Å². The van der Waals surface area contributed by atoms with E-state index in [0.717, 1.165) is 31.0 Å². The summed E-state index contributed by atoms with van der Waals surface area (Å²) in [5, 5.41) is 7.68. The van der Waals surface area contributed by atoms with E-state index in [1.165, 1.54) is 5.69 Å². The number of anilines is 1. The molecule has 0 aliphatic heterocycles. The zero-order chi connectivity index (χ0) is 12.3. The van der Waals surface area contributed by atoms with Crippen LogP contribution in [0.5, 0.6) is 0 Å². The minimum Gasteiger partial charge on any atom is -0.363 e. The van der Waals surface area contributed by atoms with Crippen molar-refractivity contribution in [3.05, 3.63) is 30.0 Å². The Morgan fingerprint density at radius 3 is 2.88 bits per heavy atom. The Morgan fingerprint density at radius 1 is 1.41 bits per heavy atom. The van der Waals surface area contributed by atoms with E-state index in [4.69, 9.17) is 0 Å². The first-order valence-electron chi connectivity index (χ1n) is 5.94. The van der Waals surface area contributed by atoms with Crippen molar-refractivity contribution in [1.82, 2.24) is 19.3 Å². The quantitative estimate of drug-likeness (QED) is 0.858. The standard InChI is InChI=1S/C12H19N5/c1-4-5-17-9-13-7-11(17)8-14-12-6-10(2)16(3)15-12/h6-7,9H,4-5,8H2,1-3H3,(H,14,15). The molecule has 2 rings (SSSR count). The summed E-state index contributed by atoms with van der Waals surface area (Å²) in [5.74, 6) is 0.911. The van der Waals surface area contributed by atoms with Crippen molar-refractivity contribution in [2.75, 3.05) is 5.32 Å². The van der Waals surface area contributed by atoms with Gasteiger partial charge in [-0.15, -0.1) is 0 Å². The molecule has 0 spiro atoms. The summed E-state index contributed by atoms with van der Waals surface area (Å²) in [4.78, 5) is 4.17. The molecule has 5 heteroatoms. The fourth-order valence-corrected chi connectivity index (χ4v) is 1.77. The highest BCUT2D eigenvalue weighted by Gasteiger charge is 2.03. The molecule has 2 heterocycles. The SMILES string of the molecule is CCCn1cncc1CNc1cc(C)n(C)n1. The van der Waals surface area contributed by atoms with Gasteiger partial charge < -0.3 is 9.88 Å². The molecule has 0 aliphatic rings. The van der Waals surface area contributed by atoms with Gasteiger partial charge in [-0.25, -0.2) is 4.98 Å². The third kappa shape index (κ3) is 2.67. The van der Waals surface area contributed by atoms with Gasteiger partial charge in [-0.3, -0.25) is 4.68 Å². The average Bonchev–Trinajstić information content (AvgIpc) is 2.85. The number of hydrogen-bond acceptors (Lipinski definition) is 3. The van der Waals surface area contributed by atoms with Crippen molar-refractivity contribution < 1.29 is 0 Å². The van der Waals surface area contributed by atoms with E-state index in [1.54, 1.807) is 0 Å². The van der Waals surface area contributed by atoms with Crippen molar-refractivity contribution in [1.29, 1.82) is 0 Å². The van der Waals surface area contributed by atoms with E-state index in [2.05, 4.69) is 26.9 Å². The third-order valence-electron chi connectivity index (χ3n) is 2.83. The molecule has 0 unspecified atom stereocenters. The molecule has 17 heavy (non-hydrogen) atoms. The summed E-state index contributed by atoms with van der Waals surface area (Å²) in [6.07, 6.45) is 4.90. The first kappa shape index (κ1) is 11.7. The molecular weight excluding hydrogens is 214 g/mol. The highest BCUT2D eigenvalue weighted by Crippen LogP contribution is 2.09. The normalized spacial score (nSPS) is 10.8. The van der Waals surface area contributed by atoms with Crippen LogP contribution in [0.1, 0.15) is 24.7 Å². The zero-order valence-corrected chi connectivity index (χ0v) is 10.6. The Bertz CT molecular complexity index is 463. The van der Waals surface area contributed by atoms with Crippen LogP contribution >= 0.6 is 0 Å². The van der Waals surface area contributed by atoms with Gasteiger partial charge in [0.1, 0.15) is 5.82 Å². The van der Waals surface area contributed by atoms with E-state index in [-0.39, 0.29) is 0 Å². The van der Waals surface area contributed by atoms with Crippen molar-refractivity contribution >= 4 is 5.82 Å². The van der Waals surface area contributed by atoms with Crippen LogP contribution in [0.15, 0.2) is 18.6 Å². The fraction of sp³-hybridized carbons (Fsp3) is 0.500. The van der Waals surface area contributed by atoms with Gasteiger partial charge in [0.05, 0.1) is 18.6 Å². The minimum atomic E-state index is 0.760. The molecule has 0 aliphatic carbocycles. The van der Waals surface area contributed by atoms with Crippen LogP contribution in [0.2, 0.25) is 0 Å². The predicted molar refractivity (Wildman–Crippen MR) is 67.8 cm³/mol. The topological polar surface area (TPSA) is 47.7 Å². The molecule has 0 fully saturated rings. The lowest BCUT2D eigenvalue weighted by Crippen LogP contribution is -2.07. The lowest BCUT2D eigenvalue weighted by molar-refractivity contribution is 0.650. The predicted octanol–water partition coefficient (Wildman–Crippen LogP) is 1.95. The van der Waals surface area contributed by atoms with E-state index < -0.39 is 0 Å². The monoisotopic (exact) mass is 233 g/mol. The largest absolute Gasteiger partial charge is 0.363 e. The molecule has 5 nitrogen and oxygen atoms in total. The molecule has 0 saturated carbocycles. The molecule has 1 N–H and O–H groups in total. The number of hydrogen-bond donors (Lipinski definition) is 1. The van der Waals surface area contributed by atoms with Crippen LogP contribution in [0, 0.1) is 6.92 Å². The van der Waals surface area contributed by atoms with E-state index in [1.807, 2.05) is 37.2 Å². The summed E-state index contributed by atoms with van der Waals surface area (Å²) >= 11 is 0. The molecule has 0 amide bonds. The van der Waals surface area contributed by atoms with Crippen molar-refractivity contribution in [3.8, 4) is 0 Å². The van der Waals surface area contributed by atoms with Crippen LogP contribution in [0.3, 0.4) is 0 Å². The number of nitrogens with zero attached hydrogens (tertiary/aromatic N) is 4.